The van der Waals surface area contributed by atoms with Crippen LogP contribution in [0.2, 0.25) is 0 Å². The minimum Gasteiger partial charge on any atom is -0.158 e. The van der Waals surface area contributed by atoms with Gasteiger partial charge in [0.05, 0.1) is 17.1 Å². The van der Waals surface area contributed by atoms with Gasteiger partial charge in [0.2, 0.25) is 0 Å². The number of fused-ring (bicyclic) bond motifs is 1. The predicted molar refractivity (Wildman–Crippen MR) is 42.2 cm³/mol. The topological polar surface area (TPSA) is 25.8 Å². The molecule has 3 heteroatoms. The molecule has 0 spiro atoms. The number of hydrogen-bond donors (Lipinski definition) is 0. The van der Waals surface area contributed by atoms with Gasteiger partial charge in [-0.15, -0.1) is 11.3 Å². The molecular formula is C7H6N2S. The third-order valence-electron chi connectivity index (χ3n) is 1.35. The van der Waals surface area contributed by atoms with Gasteiger partial charge in [-0.3, -0.25) is 0 Å². The summed E-state index contributed by atoms with van der Waals surface area (Å²) in [6.07, 6.45) is 3.59. The van der Waals surface area contributed by atoms with E-state index in [1.165, 1.54) is 15.0 Å². The van der Waals surface area contributed by atoms with Gasteiger partial charge in [-0.05, 0) is 13.0 Å². The molecule has 0 N–H and O–H groups in total. The summed E-state index contributed by atoms with van der Waals surface area (Å²) in [6.45, 7) is 2.09. The van der Waals surface area contributed by atoms with Gasteiger partial charge in [-0.25, -0.2) is 0 Å². The number of thiophene rings is 1. The van der Waals surface area contributed by atoms with Gasteiger partial charge in [0.25, 0.3) is 0 Å². The van der Waals surface area contributed by atoms with Crippen molar-refractivity contribution in [1.82, 2.24) is 10.2 Å². The Labute approximate surface area is 62.5 Å². The minimum atomic E-state index is 1.19. The van der Waals surface area contributed by atoms with Crippen LogP contribution in [0.3, 0.4) is 0 Å². The second-order valence-electron chi connectivity index (χ2n) is 2.17. The zero-order valence-corrected chi connectivity index (χ0v) is 6.35. The van der Waals surface area contributed by atoms with Crippen molar-refractivity contribution in [1.29, 1.82) is 0 Å². The van der Waals surface area contributed by atoms with E-state index in [-0.39, 0.29) is 0 Å². The molecule has 2 nitrogen and oxygen atoms in total. The molecule has 0 aliphatic heterocycles. The highest BCUT2D eigenvalue weighted by molar-refractivity contribution is 7.18. The van der Waals surface area contributed by atoms with Crippen LogP contribution in [-0.2, 0) is 0 Å². The van der Waals surface area contributed by atoms with Crippen molar-refractivity contribution in [2.24, 2.45) is 0 Å². The molecule has 50 valence electrons. The first-order valence-electron chi connectivity index (χ1n) is 3.03. The summed E-state index contributed by atoms with van der Waals surface area (Å²) in [5.41, 5.74) is 0. The van der Waals surface area contributed by atoms with Crippen LogP contribution >= 0.6 is 11.3 Å². The standard InChI is InChI=1S/C7H6N2S/c1-5-2-6-3-8-9-4-7(6)10-5/h2-4H,1H3. The van der Waals surface area contributed by atoms with E-state index in [0.717, 1.165) is 0 Å². The van der Waals surface area contributed by atoms with Gasteiger partial charge in [-0.1, -0.05) is 0 Å². The molecule has 10 heavy (non-hydrogen) atoms. The summed E-state index contributed by atoms with van der Waals surface area (Å²) < 4.78 is 1.22. The van der Waals surface area contributed by atoms with E-state index >= 15 is 0 Å². The fraction of sp³-hybridized carbons (Fsp3) is 0.143. The molecule has 0 radical (unpaired) electrons. The average molecular weight is 150 g/mol. The van der Waals surface area contributed by atoms with Gasteiger partial charge in [0.1, 0.15) is 0 Å². The fourth-order valence-corrected chi connectivity index (χ4v) is 1.80. The van der Waals surface area contributed by atoms with Crippen molar-refractivity contribution in [3.63, 3.8) is 0 Å². The maximum atomic E-state index is 3.79. The highest BCUT2D eigenvalue weighted by Gasteiger charge is 1.95. The van der Waals surface area contributed by atoms with E-state index in [9.17, 15) is 0 Å². The second-order valence-corrected chi connectivity index (χ2v) is 3.45. The summed E-state index contributed by atoms with van der Waals surface area (Å²) in [6, 6.07) is 2.12. The lowest BCUT2D eigenvalue weighted by Gasteiger charge is -1.80. The summed E-state index contributed by atoms with van der Waals surface area (Å²) in [7, 11) is 0. The van der Waals surface area contributed by atoms with Crippen molar-refractivity contribution in [3.05, 3.63) is 23.3 Å². The summed E-state index contributed by atoms with van der Waals surface area (Å²) in [5.74, 6) is 0. The lowest BCUT2D eigenvalue weighted by molar-refractivity contribution is 1.05. The van der Waals surface area contributed by atoms with Crippen LogP contribution in [0.4, 0.5) is 0 Å². The lowest BCUT2D eigenvalue weighted by Crippen LogP contribution is -1.73. The number of rotatable bonds is 0. The van der Waals surface area contributed by atoms with Gasteiger partial charge < -0.3 is 0 Å². The van der Waals surface area contributed by atoms with Crippen LogP contribution in [0.25, 0.3) is 10.1 Å². The monoisotopic (exact) mass is 150 g/mol. The first-order chi connectivity index (χ1) is 4.86. The van der Waals surface area contributed by atoms with Crippen LogP contribution in [-0.4, -0.2) is 10.2 Å². The normalized spacial score (nSPS) is 10.5. The first kappa shape index (κ1) is 5.80. The van der Waals surface area contributed by atoms with Crippen molar-refractivity contribution >= 4 is 21.4 Å². The van der Waals surface area contributed by atoms with Crippen molar-refractivity contribution < 1.29 is 0 Å². The second kappa shape index (κ2) is 2.02. The van der Waals surface area contributed by atoms with Crippen molar-refractivity contribution in [3.8, 4) is 0 Å². The quantitative estimate of drug-likeness (QED) is 0.574. The fourth-order valence-electron chi connectivity index (χ4n) is 0.935. The molecule has 0 aliphatic rings. The molecule has 0 saturated heterocycles. The van der Waals surface area contributed by atoms with Gasteiger partial charge in [-0.2, -0.15) is 10.2 Å². The minimum absolute atomic E-state index is 1.19. The number of hydrogen-bond acceptors (Lipinski definition) is 3. The molecule has 0 fully saturated rings. The van der Waals surface area contributed by atoms with Crippen molar-refractivity contribution in [2.75, 3.05) is 0 Å². The van der Waals surface area contributed by atoms with Crippen LogP contribution in [0, 0.1) is 6.92 Å². The smallest absolute Gasteiger partial charge is 0.0674 e. The third-order valence-corrected chi connectivity index (χ3v) is 2.35. The molecule has 2 aromatic rings. The Hall–Kier alpha value is -0.960. The molecule has 0 bridgehead atoms. The Morgan fingerprint density at radius 2 is 2.10 bits per heavy atom. The molecule has 0 aromatic carbocycles. The molecule has 2 heterocycles. The Balaban J connectivity index is 2.88. The Kier molecular flexibility index (Phi) is 1.17. The summed E-state index contributed by atoms with van der Waals surface area (Å²) >= 11 is 1.75. The van der Waals surface area contributed by atoms with Gasteiger partial charge >= 0.3 is 0 Å². The van der Waals surface area contributed by atoms with Gasteiger partial charge in [0.15, 0.2) is 0 Å². The molecule has 2 aromatic heterocycles. The predicted octanol–water partition coefficient (Wildman–Crippen LogP) is 2.00. The maximum Gasteiger partial charge on any atom is 0.0674 e. The van der Waals surface area contributed by atoms with Crippen LogP contribution in [0.1, 0.15) is 4.88 Å². The molecule has 0 atom stereocenters. The molecule has 0 amide bonds. The Bertz CT molecular complexity index is 320. The van der Waals surface area contributed by atoms with Crippen molar-refractivity contribution in [2.45, 2.75) is 6.92 Å². The van der Waals surface area contributed by atoms with E-state index in [1.54, 1.807) is 23.7 Å². The number of aromatic nitrogens is 2. The number of aryl methyl sites for hydroxylation is 1. The van der Waals surface area contributed by atoms with Gasteiger partial charge in [0, 0.05) is 10.3 Å². The largest absolute Gasteiger partial charge is 0.158 e. The van der Waals surface area contributed by atoms with Crippen LogP contribution in [0.15, 0.2) is 18.5 Å². The lowest BCUT2D eigenvalue weighted by atomic mass is 10.3. The average Bonchev–Trinajstić information content (AvgIpc) is 2.27. The van der Waals surface area contributed by atoms with Crippen LogP contribution < -0.4 is 0 Å². The Morgan fingerprint density at radius 1 is 1.30 bits per heavy atom. The van der Waals surface area contributed by atoms with E-state index in [4.69, 9.17) is 0 Å². The summed E-state index contributed by atoms with van der Waals surface area (Å²) in [4.78, 5) is 1.31. The molecular weight excluding hydrogens is 144 g/mol. The zero-order chi connectivity index (χ0) is 6.97. The first-order valence-corrected chi connectivity index (χ1v) is 3.85. The molecule has 0 unspecified atom stereocenters. The SMILES string of the molecule is Cc1cc2cnncc2s1. The molecule has 2 rings (SSSR count). The zero-order valence-electron chi connectivity index (χ0n) is 5.53. The van der Waals surface area contributed by atoms with E-state index < -0.39 is 0 Å². The molecule has 0 saturated carbocycles. The maximum absolute atomic E-state index is 3.79. The highest BCUT2D eigenvalue weighted by Crippen LogP contribution is 2.22. The van der Waals surface area contributed by atoms with E-state index in [0.29, 0.717) is 0 Å². The number of nitrogens with zero attached hydrogens (tertiary/aromatic N) is 2. The van der Waals surface area contributed by atoms with E-state index in [2.05, 4.69) is 23.2 Å². The third kappa shape index (κ3) is 0.789. The van der Waals surface area contributed by atoms with Crippen LogP contribution in [0.5, 0.6) is 0 Å². The Morgan fingerprint density at radius 3 is 2.90 bits per heavy atom. The summed E-state index contributed by atoms with van der Waals surface area (Å²) in [5, 5.41) is 8.76. The molecule has 0 aliphatic carbocycles. The highest BCUT2D eigenvalue weighted by atomic mass is 32.1. The van der Waals surface area contributed by atoms with E-state index in [1.807, 2.05) is 0 Å².